The van der Waals surface area contributed by atoms with Gasteiger partial charge in [0.05, 0.1) is 16.9 Å². The van der Waals surface area contributed by atoms with E-state index in [9.17, 15) is 0 Å². The van der Waals surface area contributed by atoms with Gasteiger partial charge in [0.25, 0.3) is 0 Å². The number of hydrogen-bond donors (Lipinski definition) is 0. The predicted octanol–water partition coefficient (Wildman–Crippen LogP) is 10.4. The zero-order valence-electron chi connectivity index (χ0n) is 29.5. The van der Waals surface area contributed by atoms with Crippen LogP contribution in [0.5, 0.6) is 0 Å². The van der Waals surface area contributed by atoms with Crippen LogP contribution in [-0.4, -0.2) is 23.3 Å². The van der Waals surface area contributed by atoms with Gasteiger partial charge in [0.15, 0.2) is 0 Å². The van der Waals surface area contributed by atoms with Crippen molar-refractivity contribution in [1.29, 1.82) is 0 Å². The minimum atomic E-state index is -0.376. The lowest BCUT2D eigenvalue weighted by Crippen LogP contribution is -2.41. The number of anilines is 2. The van der Waals surface area contributed by atoms with E-state index < -0.39 is 0 Å². The number of hydrogen-bond acceptors (Lipinski definition) is 4. The monoisotopic (exact) mass is 644 g/mol. The highest BCUT2D eigenvalue weighted by atomic mass is 16.7. The molecule has 0 radical (unpaired) electrons. The van der Waals surface area contributed by atoms with Gasteiger partial charge in [0.1, 0.15) is 0 Å². The van der Waals surface area contributed by atoms with Crippen LogP contribution in [0.2, 0.25) is 0 Å². The van der Waals surface area contributed by atoms with Crippen LogP contribution in [0.25, 0.3) is 22.3 Å². The van der Waals surface area contributed by atoms with Gasteiger partial charge >= 0.3 is 7.12 Å². The molecule has 4 nitrogen and oxygen atoms in total. The smallest absolute Gasteiger partial charge is 0.399 e. The molecule has 0 unspecified atom stereocenters. The molecule has 0 spiro atoms. The van der Waals surface area contributed by atoms with Crippen LogP contribution in [0.15, 0.2) is 158 Å². The number of nitrogens with zero attached hydrogens (tertiary/aromatic N) is 2. The Bertz CT molecular complexity index is 1960. The van der Waals surface area contributed by atoms with Crippen molar-refractivity contribution in [3.8, 4) is 22.3 Å². The number of para-hydroxylation sites is 1. The first kappa shape index (κ1) is 33.9. The molecular formula is C44H45BN2O2. The first-order valence-electron chi connectivity index (χ1n) is 17.0. The fourth-order valence-electron chi connectivity index (χ4n) is 6.25. The lowest BCUT2D eigenvalue weighted by Gasteiger charge is -2.32. The Balaban J connectivity index is 1.36. The quantitative estimate of drug-likeness (QED) is 0.112. The van der Waals surface area contributed by atoms with Gasteiger partial charge in [-0.25, -0.2) is 0 Å². The van der Waals surface area contributed by atoms with Gasteiger partial charge < -0.3 is 14.2 Å². The van der Waals surface area contributed by atoms with Crippen LogP contribution in [0.4, 0.5) is 11.4 Å². The van der Waals surface area contributed by atoms with E-state index in [-0.39, 0.29) is 18.3 Å². The second-order valence-electron chi connectivity index (χ2n) is 13.8. The minimum Gasteiger partial charge on any atom is -0.399 e. The van der Waals surface area contributed by atoms with Crippen LogP contribution in [0.3, 0.4) is 0 Å². The van der Waals surface area contributed by atoms with E-state index >= 15 is 0 Å². The zero-order valence-corrected chi connectivity index (χ0v) is 29.5. The first-order valence-corrected chi connectivity index (χ1v) is 17.0. The fourth-order valence-corrected chi connectivity index (χ4v) is 6.25. The van der Waals surface area contributed by atoms with Crippen molar-refractivity contribution in [2.75, 3.05) is 4.90 Å². The Morgan fingerprint density at radius 2 is 1.47 bits per heavy atom. The molecule has 0 amide bonds. The van der Waals surface area contributed by atoms with E-state index in [1.807, 2.05) is 18.3 Å². The molecule has 0 aliphatic carbocycles. The summed E-state index contributed by atoms with van der Waals surface area (Å²) in [7, 11) is -0.376. The summed E-state index contributed by atoms with van der Waals surface area (Å²) in [4.78, 5) is 6.65. The third kappa shape index (κ3) is 7.39. The Morgan fingerprint density at radius 3 is 2.12 bits per heavy atom. The average Bonchev–Trinajstić information content (AvgIpc) is 3.33. The summed E-state index contributed by atoms with van der Waals surface area (Å²) >= 11 is 0. The van der Waals surface area contributed by atoms with Gasteiger partial charge in [0.2, 0.25) is 0 Å². The van der Waals surface area contributed by atoms with Gasteiger partial charge in [-0.3, -0.25) is 4.98 Å². The third-order valence-corrected chi connectivity index (χ3v) is 9.65. The highest BCUT2D eigenvalue weighted by molar-refractivity contribution is 6.62. The Morgan fingerprint density at radius 1 is 0.796 bits per heavy atom. The molecule has 2 heterocycles. The van der Waals surface area contributed by atoms with Gasteiger partial charge in [0, 0.05) is 29.3 Å². The summed E-state index contributed by atoms with van der Waals surface area (Å²) in [6.45, 7) is 16.8. The summed E-state index contributed by atoms with van der Waals surface area (Å²) in [5, 5.41) is 0. The number of rotatable bonds is 10. The molecule has 0 saturated carbocycles. The third-order valence-electron chi connectivity index (χ3n) is 9.65. The SMILES string of the molecule is C=C/C=C(\C=C(\C)Cc1ccc(B2OC(C)(C)C(C)(C)O2)cc1C)N(c1ccc(-c2cccnc2)cc1)c1ccccc1-c1ccccc1. The Hall–Kier alpha value is -4.97. The first-order chi connectivity index (χ1) is 23.6. The van der Waals surface area contributed by atoms with Crippen LogP contribution in [0, 0.1) is 6.92 Å². The van der Waals surface area contributed by atoms with Gasteiger partial charge in [-0.15, -0.1) is 0 Å². The molecule has 5 aromatic rings. The Labute approximate surface area is 292 Å². The van der Waals surface area contributed by atoms with Crippen molar-refractivity contribution in [2.45, 2.75) is 59.2 Å². The largest absolute Gasteiger partial charge is 0.494 e. The van der Waals surface area contributed by atoms with Gasteiger partial charge in [-0.2, -0.15) is 0 Å². The summed E-state index contributed by atoms with van der Waals surface area (Å²) < 4.78 is 12.7. The molecule has 1 aliphatic heterocycles. The maximum atomic E-state index is 6.33. The molecule has 1 aromatic heterocycles. The van der Waals surface area contributed by atoms with Crippen molar-refractivity contribution >= 4 is 24.0 Å². The van der Waals surface area contributed by atoms with Gasteiger partial charge in [-0.05, 0) is 118 Å². The molecule has 0 bridgehead atoms. The van der Waals surface area contributed by atoms with Crippen molar-refractivity contribution < 1.29 is 9.31 Å². The maximum Gasteiger partial charge on any atom is 0.494 e. The molecular weight excluding hydrogens is 599 g/mol. The molecule has 246 valence electrons. The van der Waals surface area contributed by atoms with Crippen molar-refractivity contribution in [1.82, 2.24) is 4.98 Å². The minimum absolute atomic E-state index is 0.373. The van der Waals surface area contributed by atoms with Crippen LogP contribution >= 0.6 is 0 Å². The molecule has 49 heavy (non-hydrogen) atoms. The summed E-state index contributed by atoms with van der Waals surface area (Å²) in [5.74, 6) is 0. The maximum absolute atomic E-state index is 6.33. The van der Waals surface area contributed by atoms with Crippen molar-refractivity contribution in [3.63, 3.8) is 0 Å². The van der Waals surface area contributed by atoms with E-state index in [2.05, 4.69) is 173 Å². The van der Waals surface area contributed by atoms with Crippen molar-refractivity contribution in [2.24, 2.45) is 0 Å². The van der Waals surface area contributed by atoms with E-state index in [4.69, 9.17) is 9.31 Å². The lowest BCUT2D eigenvalue weighted by molar-refractivity contribution is 0.00578. The molecule has 0 N–H and O–H groups in total. The molecule has 5 heteroatoms. The number of aromatic nitrogens is 1. The second kappa shape index (κ2) is 14.3. The second-order valence-corrected chi connectivity index (χ2v) is 13.8. The molecule has 6 rings (SSSR count). The van der Waals surface area contributed by atoms with Crippen LogP contribution < -0.4 is 10.4 Å². The van der Waals surface area contributed by atoms with Crippen LogP contribution in [0.1, 0.15) is 45.7 Å². The highest BCUT2D eigenvalue weighted by Crippen LogP contribution is 2.40. The molecule has 4 aromatic carbocycles. The zero-order chi connectivity index (χ0) is 34.6. The Kier molecular flexibility index (Phi) is 9.87. The normalized spacial score (nSPS) is 15.7. The summed E-state index contributed by atoms with van der Waals surface area (Å²) in [5.41, 5.74) is 11.7. The average molecular weight is 645 g/mol. The number of allylic oxidation sites excluding steroid dienone is 4. The van der Waals surface area contributed by atoms with E-state index in [0.717, 1.165) is 51.2 Å². The van der Waals surface area contributed by atoms with E-state index in [1.165, 1.54) is 16.7 Å². The van der Waals surface area contributed by atoms with E-state index in [0.29, 0.717) is 0 Å². The molecule has 1 aliphatic rings. The van der Waals surface area contributed by atoms with Gasteiger partial charge in [-0.1, -0.05) is 103 Å². The fraction of sp³-hybridized carbons (Fsp3) is 0.205. The molecule has 0 atom stereocenters. The number of aryl methyl sites for hydroxylation is 1. The predicted molar refractivity (Wildman–Crippen MR) is 206 cm³/mol. The van der Waals surface area contributed by atoms with Crippen LogP contribution in [-0.2, 0) is 15.7 Å². The highest BCUT2D eigenvalue weighted by Gasteiger charge is 2.51. The summed E-state index contributed by atoms with van der Waals surface area (Å²) in [6, 6.07) is 38.5. The molecule has 1 saturated heterocycles. The topological polar surface area (TPSA) is 34.6 Å². The standard InChI is InChI=1S/C44H45BN2O2/c1-8-15-40(29-32(2)28-36-21-24-38(30-33(36)3)45-48-43(4,5)44(6,7)49-45)47(39-25-22-34(23-26-39)37-18-14-27-46-31-37)42-20-13-12-19-41(42)35-16-10-9-11-17-35/h8-27,29-31H,1,28H2,2-7H3/b32-29-,40-15+. The number of pyridine rings is 1. The summed E-state index contributed by atoms with van der Waals surface area (Å²) in [6.07, 6.45) is 10.7. The van der Waals surface area contributed by atoms with E-state index in [1.54, 1.807) is 6.20 Å². The van der Waals surface area contributed by atoms with Crippen molar-refractivity contribution in [3.05, 3.63) is 169 Å². The molecule has 1 fully saturated rings. The number of benzene rings is 4. The lowest BCUT2D eigenvalue weighted by atomic mass is 9.77.